The molecule has 1 heterocycles. The van der Waals surface area contributed by atoms with E-state index in [1.165, 1.54) is 16.0 Å². The lowest BCUT2D eigenvalue weighted by Crippen LogP contribution is -2.28. The van der Waals surface area contributed by atoms with Gasteiger partial charge in [-0.25, -0.2) is 0 Å². The van der Waals surface area contributed by atoms with E-state index in [9.17, 15) is 0 Å². The van der Waals surface area contributed by atoms with Gasteiger partial charge in [-0.05, 0) is 55.0 Å². The Hall–Kier alpha value is -1.32. The molecule has 2 unspecified atom stereocenters. The minimum absolute atomic E-state index is 0.0392. The molecule has 102 valence electrons. The summed E-state index contributed by atoms with van der Waals surface area (Å²) in [7, 11) is 0. The third-order valence-electron chi connectivity index (χ3n) is 3.21. The molecule has 0 fully saturated rings. The van der Waals surface area contributed by atoms with Gasteiger partial charge in [-0.2, -0.15) is 0 Å². The molecule has 0 aliphatic rings. The number of rotatable bonds is 5. The summed E-state index contributed by atoms with van der Waals surface area (Å²) in [6.07, 6.45) is 0.935. The van der Waals surface area contributed by atoms with E-state index in [0.29, 0.717) is 0 Å². The lowest BCUT2D eigenvalue weighted by Gasteiger charge is -2.22. The fraction of sp³-hybridized carbons (Fsp3) is 0.375. The van der Waals surface area contributed by atoms with Crippen molar-refractivity contribution in [3.8, 4) is 5.75 Å². The Bertz CT molecular complexity index is 533. The van der Waals surface area contributed by atoms with Crippen LogP contribution in [0.5, 0.6) is 5.75 Å². The number of hydrogen-bond acceptors (Lipinski definition) is 3. The van der Waals surface area contributed by atoms with Gasteiger partial charge in [-0.3, -0.25) is 0 Å². The molecule has 0 amide bonds. The first-order valence-electron chi connectivity index (χ1n) is 6.67. The maximum Gasteiger partial charge on any atom is 0.148 e. The Balaban J connectivity index is 2.24. The zero-order valence-corrected chi connectivity index (χ0v) is 12.5. The van der Waals surface area contributed by atoms with Gasteiger partial charge in [0.05, 0.1) is 0 Å². The van der Waals surface area contributed by atoms with Gasteiger partial charge in [-0.1, -0.05) is 19.1 Å². The molecule has 0 saturated heterocycles. The summed E-state index contributed by atoms with van der Waals surface area (Å²) >= 11 is 1.71. The fourth-order valence-electron chi connectivity index (χ4n) is 2.06. The summed E-state index contributed by atoms with van der Waals surface area (Å²) < 4.78 is 6.13. The van der Waals surface area contributed by atoms with Crippen molar-refractivity contribution in [2.45, 2.75) is 39.3 Å². The number of thiophene rings is 1. The van der Waals surface area contributed by atoms with Crippen molar-refractivity contribution in [1.82, 2.24) is 0 Å². The van der Waals surface area contributed by atoms with E-state index in [-0.39, 0.29) is 12.1 Å². The van der Waals surface area contributed by atoms with Crippen LogP contribution < -0.4 is 10.5 Å². The van der Waals surface area contributed by atoms with E-state index >= 15 is 0 Å². The first-order valence-corrected chi connectivity index (χ1v) is 7.55. The van der Waals surface area contributed by atoms with Crippen LogP contribution in [0.4, 0.5) is 0 Å². The third-order valence-corrected chi connectivity index (χ3v) is 4.29. The largest absolute Gasteiger partial charge is 0.483 e. The van der Waals surface area contributed by atoms with Gasteiger partial charge in [0.1, 0.15) is 11.9 Å². The van der Waals surface area contributed by atoms with Crippen LogP contribution in [-0.2, 0) is 6.42 Å². The second kappa shape index (κ2) is 6.22. The summed E-state index contributed by atoms with van der Waals surface area (Å²) in [6.45, 7) is 6.24. The van der Waals surface area contributed by atoms with Crippen molar-refractivity contribution in [2.75, 3.05) is 0 Å². The molecule has 0 aliphatic heterocycles. The minimum Gasteiger partial charge on any atom is -0.483 e. The molecule has 2 aromatic rings. The zero-order valence-electron chi connectivity index (χ0n) is 11.7. The Morgan fingerprint density at radius 1 is 1.32 bits per heavy atom. The number of ether oxygens (including phenoxy) is 1. The molecule has 2 nitrogen and oxygen atoms in total. The lowest BCUT2D eigenvalue weighted by molar-refractivity contribution is 0.183. The first kappa shape index (κ1) is 14.1. The average molecular weight is 275 g/mol. The van der Waals surface area contributed by atoms with Gasteiger partial charge >= 0.3 is 0 Å². The van der Waals surface area contributed by atoms with Crippen LogP contribution in [0.15, 0.2) is 35.7 Å². The van der Waals surface area contributed by atoms with Gasteiger partial charge in [0.15, 0.2) is 0 Å². The highest BCUT2D eigenvalue weighted by atomic mass is 32.1. The summed E-state index contributed by atoms with van der Waals surface area (Å²) in [6, 6.07) is 10.3. The smallest absolute Gasteiger partial charge is 0.148 e. The third kappa shape index (κ3) is 3.37. The van der Waals surface area contributed by atoms with Crippen LogP contribution in [0.3, 0.4) is 0 Å². The van der Waals surface area contributed by atoms with Gasteiger partial charge < -0.3 is 10.5 Å². The Labute approximate surface area is 119 Å². The quantitative estimate of drug-likeness (QED) is 0.892. The summed E-state index contributed by atoms with van der Waals surface area (Å²) in [5.74, 6) is 0.898. The second-order valence-corrected chi connectivity index (χ2v) is 5.81. The lowest BCUT2D eigenvalue weighted by atomic mass is 10.1. The SMILES string of the molecule is CCc1cccc(OC(c2sccc2C)C(C)N)c1. The Morgan fingerprint density at radius 2 is 2.11 bits per heavy atom. The van der Waals surface area contributed by atoms with E-state index in [4.69, 9.17) is 10.5 Å². The molecule has 0 aliphatic carbocycles. The van der Waals surface area contributed by atoms with Crippen LogP contribution in [0, 0.1) is 6.92 Å². The van der Waals surface area contributed by atoms with Crippen LogP contribution in [0.2, 0.25) is 0 Å². The van der Waals surface area contributed by atoms with Crippen LogP contribution in [-0.4, -0.2) is 6.04 Å². The van der Waals surface area contributed by atoms with Crippen molar-refractivity contribution < 1.29 is 4.74 Å². The zero-order chi connectivity index (χ0) is 13.8. The van der Waals surface area contributed by atoms with Crippen molar-refractivity contribution in [3.05, 3.63) is 51.7 Å². The summed E-state index contributed by atoms with van der Waals surface area (Å²) in [4.78, 5) is 1.22. The highest BCUT2D eigenvalue weighted by molar-refractivity contribution is 7.10. The van der Waals surface area contributed by atoms with Gasteiger partial charge in [0, 0.05) is 10.9 Å². The highest BCUT2D eigenvalue weighted by Crippen LogP contribution is 2.30. The number of hydrogen-bond donors (Lipinski definition) is 1. The maximum absolute atomic E-state index is 6.13. The van der Waals surface area contributed by atoms with Gasteiger partial charge in [-0.15, -0.1) is 11.3 Å². The molecule has 2 rings (SSSR count). The first-order chi connectivity index (χ1) is 9.11. The van der Waals surface area contributed by atoms with Gasteiger partial charge in [0.2, 0.25) is 0 Å². The van der Waals surface area contributed by atoms with E-state index in [1.807, 2.05) is 19.1 Å². The number of benzene rings is 1. The average Bonchev–Trinajstić information content (AvgIpc) is 2.82. The number of aryl methyl sites for hydroxylation is 2. The molecule has 2 N–H and O–H groups in total. The number of nitrogens with two attached hydrogens (primary N) is 1. The van der Waals surface area contributed by atoms with Crippen molar-refractivity contribution >= 4 is 11.3 Å². The van der Waals surface area contributed by atoms with E-state index in [1.54, 1.807) is 11.3 Å². The highest BCUT2D eigenvalue weighted by Gasteiger charge is 2.21. The standard InChI is InChI=1S/C16H21NOS/c1-4-13-6-5-7-14(10-13)18-15(12(3)17)16-11(2)8-9-19-16/h5-10,12,15H,4,17H2,1-3H3. The molecule has 0 radical (unpaired) electrons. The van der Waals surface area contributed by atoms with Crippen molar-refractivity contribution in [2.24, 2.45) is 5.73 Å². The molecule has 0 saturated carbocycles. The molecule has 1 aromatic heterocycles. The predicted octanol–water partition coefficient (Wildman–Crippen LogP) is 4.09. The topological polar surface area (TPSA) is 35.2 Å². The molecular formula is C16H21NOS. The monoisotopic (exact) mass is 275 g/mol. The molecule has 2 atom stereocenters. The van der Waals surface area contributed by atoms with Gasteiger partial charge in [0.25, 0.3) is 0 Å². The maximum atomic E-state index is 6.13. The Morgan fingerprint density at radius 3 is 2.68 bits per heavy atom. The molecule has 0 bridgehead atoms. The second-order valence-electron chi connectivity index (χ2n) is 4.87. The van der Waals surface area contributed by atoms with E-state index < -0.39 is 0 Å². The molecule has 0 spiro atoms. The Kier molecular flexibility index (Phi) is 4.61. The van der Waals surface area contributed by atoms with Crippen LogP contribution in [0.1, 0.15) is 36.0 Å². The fourth-order valence-corrected chi connectivity index (χ4v) is 3.13. The molecule has 19 heavy (non-hydrogen) atoms. The van der Waals surface area contributed by atoms with E-state index in [2.05, 4.69) is 37.4 Å². The van der Waals surface area contributed by atoms with Crippen LogP contribution in [0.25, 0.3) is 0 Å². The molecular weight excluding hydrogens is 254 g/mol. The summed E-state index contributed by atoms with van der Waals surface area (Å²) in [5.41, 5.74) is 8.63. The minimum atomic E-state index is -0.0768. The molecule has 1 aromatic carbocycles. The van der Waals surface area contributed by atoms with E-state index in [0.717, 1.165) is 12.2 Å². The van der Waals surface area contributed by atoms with Crippen molar-refractivity contribution in [1.29, 1.82) is 0 Å². The summed E-state index contributed by atoms with van der Waals surface area (Å²) in [5, 5.41) is 2.09. The normalized spacial score (nSPS) is 14.1. The van der Waals surface area contributed by atoms with Crippen molar-refractivity contribution in [3.63, 3.8) is 0 Å². The predicted molar refractivity (Wildman–Crippen MR) is 81.9 cm³/mol. The van der Waals surface area contributed by atoms with Crippen LogP contribution >= 0.6 is 11.3 Å². The molecule has 3 heteroatoms.